The molecule has 0 radical (unpaired) electrons. The van der Waals surface area contributed by atoms with Gasteiger partial charge < -0.3 is 71.1 Å². The molecule has 0 aliphatic heterocycles. The highest BCUT2D eigenvalue weighted by Crippen LogP contribution is 2.39. The Hall–Kier alpha value is -11.4. The minimum atomic E-state index is -4.58. The van der Waals surface area contributed by atoms with Gasteiger partial charge in [0.2, 0.25) is 0 Å². The maximum absolute atomic E-state index is 13.2. The monoisotopic (exact) mass is 1400 g/mol. The molecule has 0 saturated carbocycles. The van der Waals surface area contributed by atoms with Gasteiger partial charge in [-0.25, -0.2) is 9.59 Å². The van der Waals surface area contributed by atoms with Gasteiger partial charge in [-0.1, -0.05) is 35.8 Å². The zero-order valence-electron chi connectivity index (χ0n) is 57.9. The van der Waals surface area contributed by atoms with Crippen molar-refractivity contribution in [2.75, 3.05) is 26.4 Å². The molecule has 7 heterocycles. The minimum absolute atomic E-state index is 0.0526. The molecule has 534 valence electrons. The van der Waals surface area contributed by atoms with Crippen molar-refractivity contribution in [3.8, 4) is 34.5 Å². The highest BCUT2D eigenvalue weighted by atomic mass is 19.4. The predicted molar refractivity (Wildman–Crippen MR) is 379 cm³/mol. The van der Waals surface area contributed by atoms with Crippen LogP contribution >= 0.6 is 0 Å². The van der Waals surface area contributed by atoms with E-state index in [-0.39, 0.29) is 17.5 Å². The molecule has 102 heavy (non-hydrogen) atoms. The number of benzene rings is 6. The first-order valence-corrected chi connectivity index (χ1v) is 33.5. The van der Waals surface area contributed by atoms with Gasteiger partial charge in [-0.3, -0.25) is 4.79 Å². The van der Waals surface area contributed by atoms with Crippen LogP contribution in [-0.4, -0.2) is 120 Å². The van der Waals surface area contributed by atoms with Crippen LogP contribution in [0.15, 0.2) is 169 Å². The summed E-state index contributed by atoms with van der Waals surface area (Å²) in [7, 11) is 0. The van der Waals surface area contributed by atoms with Gasteiger partial charge >= 0.3 is 24.1 Å². The SMILES string of the molecule is CC(C)(C)OC(=O)C(C)(C)Oc1cccc2c1ccn2CCCOc1ccc2c(ccn2CC(=O)O)c1.CC(C)(Oc1cccc2c1ccn2CCCOc1ccc2[nH]ccc2c1)C(=O)O.CCCc1c(OCCCOc2ccc3c(ccn3Cc3nn[nH]n3)c2)ccc2c(C(F)(F)F)noc12. The van der Waals surface area contributed by atoms with E-state index in [0.29, 0.717) is 74.5 Å². The smallest absolute Gasteiger partial charge is 0.437 e. The molecule has 26 heteroatoms. The van der Waals surface area contributed by atoms with Gasteiger partial charge in [-0.05, 0) is 189 Å². The number of aliphatic carboxylic acids is 2. The maximum atomic E-state index is 13.2. The van der Waals surface area contributed by atoms with E-state index in [2.05, 4.69) is 39.9 Å². The number of esters is 1. The topological polar surface area (TPSA) is 272 Å². The Bertz CT molecular complexity index is 5030. The third-order valence-electron chi connectivity index (χ3n) is 16.6. The Balaban J connectivity index is 0.000000155. The lowest BCUT2D eigenvalue weighted by atomic mass is 10.0. The van der Waals surface area contributed by atoms with E-state index in [0.717, 1.165) is 104 Å². The molecule has 0 aliphatic rings. The molecule has 13 rings (SSSR count). The van der Waals surface area contributed by atoms with Crippen molar-refractivity contribution in [3.05, 3.63) is 182 Å². The summed E-state index contributed by atoms with van der Waals surface area (Å²) in [5, 5.41) is 40.5. The van der Waals surface area contributed by atoms with Crippen LogP contribution in [0.1, 0.15) is 98.2 Å². The number of carboxylic acid groups (broad SMARTS) is 2. The second-order valence-corrected chi connectivity index (χ2v) is 26.4. The average Bonchev–Trinajstić information content (AvgIpc) is 1.60. The summed E-state index contributed by atoms with van der Waals surface area (Å²) in [5.41, 5.74) is 1.70. The summed E-state index contributed by atoms with van der Waals surface area (Å²) >= 11 is 0. The van der Waals surface area contributed by atoms with Crippen LogP contribution in [0.4, 0.5) is 13.2 Å². The Morgan fingerprint density at radius 2 is 1.13 bits per heavy atom. The molecule has 0 fully saturated rings. The van der Waals surface area contributed by atoms with Crippen LogP contribution in [0.3, 0.4) is 0 Å². The number of H-pyrrole nitrogens is 2. The summed E-state index contributed by atoms with van der Waals surface area (Å²) in [6, 6.07) is 41.8. The van der Waals surface area contributed by atoms with Crippen LogP contribution < -0.4 is 28.4 Å². The van der Waals surface area contributed by atoms with E-state index in [4.69, 9.17) is 42.8 Å². The fourth-order valence-corrected chi connectivity index (χ4v) is 11.6. The molecular formula is C76H81F3N10O13. The van der Waals surface area contributed by atoms with Crippen molar-refractivity contribution in [2.45, 2.75) is 137 Å². The number of nitrogens with zero attached hydrogens (tertiary/aromatic N) is 8. The van der Waals surface area contributed by atoms with Crippen LogP contribution in [0.5, 0.6) is 34.5 Å². The lowest BCUT2D eigenvalue weighted by Gasteiger charge is -2.29. The number of carboxylic acids is 2. The molecule has 6 aromatic carbocycles. The lowest BCUT2D eigenvalue weighted by Crippen LogP contribution is -2.43. The number of hydrogen-bond donors (Lipinski definition) is 4. The fraction of sp³-hybridized carbons (Fsp3) is 0.329. The number of halogens is 3. The Labute approximate surface area is 584 Å². The highest BCUT2D eigenvalue weighted by molar-refractivity contribution is 5.90. The summed E-state index contributed by atoms with van der Waals surface area (Å²) in [6.07, 6.45) is 8.54. The Morgan fingerprint density at radius 3 is 1.70 bits per heavy atom. The molecule has 0 unspecified atom stereocenters. The molecule has 0 amide bonds. The molecule has 0 spiro atoms. The summed E-state index contributed by atoms with van der Waals surface area (Å²) in [4.78, 5) is 38.2. The van der Waals surface area contributed by atoms with E-state index in [9.17, 15) is 32.7 Å². The first-order valence-electron chi connectivity index (χ1n) is 33.5. The quantitative estimate of drug-likeness (QED) is 0.0262. The number of aromatic nitrogens is 10. The molecule has 0 saturated heterocycles. The third kappa shape index (κ3) is 17.6. The maximum Gasteiger partial charge on any atom is 0.437 e. The number of tetrazole rings is 1. The van der Waals surface area contributed by atoms with Crippen molar-refractivity contribution >= 4 is 83.4 Å². The van der Waals surface area contributed by atoms with Crippen molar-refractivity contribution in [2.24, 2.45) is 0 Å². The van der Waals surface area contributed by atoms with E-state index >= 15 is 0 Å². The number of aromatic amines is 2. The zero-order chi connectivity index (χ0) is 72.3. The van der Waals surface area contributed by atoms with Gasteiger partial charge in [-0.15, -0.1) is 10.2 Å². The van der Waals surface area contributed by atoms with Gasteiger partial charge in [0, 0.05) is 99.5 Å². The number of alkyl halides is 3. The number of fused-ring (bicyclic) bond motifs is 6. The van der Waals surface area contributed by atoms with E-state index in [1.807, 2.05) is 172 Å². The van der Waals surface area contributed by atoms with Crippen LogP contribution in [0, 0.1) is 0 Å². The average molecular weight is 1400 g/mol. The van der Waals surface area contributed by atoms with E-state index < -0.39 is 46.6 Å². The summed E-state index contributed by atoms with van der Waals surface area (Å²) < 4.78 is 93.6. The molecule has 4 N–H and O–H groups in total. The molecule has 23 nitrogen and oxygen atoms in total. The van der Waals surface area contributed by atoms with Gasteiger partial charge in [0.25, 0.3) is 0 Å². The minimum Gasteiger partial charge on any atom is -0.494 e. The first kappa shape index (κ1) is 71.8. The zero-order valence-corrected chi connectivity index (χ0v) is 57.9. The summed E-state index contributed by atoms with van der Waals surface area (Å²) in [5.74, 6) is 2.36. The van der Waals surface area contributed by atoms with Gasteiger partial charge in [0.1, 0.15) is 46.6 Å². The van der Waals surface area contributed by atoms with Crippen molar-refractivity contribution < 1.29 is 75.4 Å². The molecule has 0 aliphatic carbocycles. The number of hydrogen-bond acceptors (Lipinski definition) is 15. The van der Waals surface area contributed by atoms with Crippen molar-refractivity contribution in [1.29, 1.82) is 0 Å². The van der Waals surface area contributed by atoms with E-state index in [1.54, 1.807) is 50.6 Å². The Kier molecular flexibility index (Phi) is 21.8. The number of ether oxygens (including phenoxy) is 7. The predicted octanol–water partition coefficient (Wildman–Crippen LogP) is 15.6. The van der Waals surface area contributed by atoms with Crippen molar-refractivity contribution in [1.82, 2.24) is 49.0 Å². The second-order valence-electron chi connectivity index (χ2n) is 26.4. The molecule has 0 atom stereocenters. The van der Waals surface area contributed by atoms with Crippen LogP contribution in [-0.2, 0) is 57.9 Å². The highest BCUT2D eigenvalue weighted by Gasteiger charge is 2.38. The van der Waals surface area contributed by atoms with Crippen molar-refractivity contribution in [3.63, 3.8) is 0 Å². The largest absolute Gasteiger partial charge is 0.494 e. The second kappa shape index (κ2) is 31.0. The van der Waals surface area contributed by atoms with Crippen LogP contribution in [0.2, 0.25) is 0 Å². The number of nitrogens with one attached hydrogen (secondary N) is 2. The molecule has 13 aromatic rings. The number of rotatable bonds is 28. The number of carbonyl (C=O) groups is 3. The standard InChI is InChI=1S/C29H34N2O6.C24H23F3N6O3.C23H24N2O4/c1-28(2,3)37-27(34)29(4,5)36-25-9-6-8-24-22(25)13-16-30(24)14-7-17-35-21-10-11-23-20(18-21)12-15-31(23)19-26(32)33;1-2-4-17-20(8-6-18-22(17)36-30-23(18)24(25,26)27)35-12-3-11-34-16-5-7-19-15(13-16)9-10-33(19)14-21-28-31-32-29-21;1-23(2,22(26)27)29-21-6-3-5-20-18(21)10-13-25(20)12-4-14-28-17-7-8-19-16(15-17)9-11-24-19/h6,8-13,15-16,18H,7,14,17,19H2,1-5H3,(H,32,33);5-10,13H,2-4,11-12,14H2,1H3,(H,28,29,31,32);3,5-11,13,15,24H,4,12,14H2,1-2H3,(H,26,27). The first-order chi connectivity index (χ1) is 48.8. The number of aryl methyl sites for hydroxylation is 3. The third-order valence-corrected chi connectivity index (χ3v) is 16.6. The Morgan fingerprint density at radius 1 is 0.569 bits per heavy atom. The normalized spacial score (nSPS) is 12.0. The molecule has 7 aromatic heterocycles. The lowest BCUT2D eigenvalue weighted by molar-refractivity contribution is -0.170. The molecule has 0 bridgehead atoms. The van der Waals surface area contributed by atoms with Crippen LogP contribution in [0.25, 0.3) is 65.5 Å². The van der Waals surface area contributed by atoms with Gasteiger partial charge in [-0.2, -0.15) is 18.4 Å². The van der Waals surface area contributed by atoms with Gasteiger partial charge in [0.05, 0.1) is 49.4 Å². The fourth-order valence-electron chi connectivity index (χ4n) is 11.6. The summed E-state index contributed by atoms with van der Waals surface area (Å²) in [6.45, 7) is 17.9. The molecular weight excluding hydrogens is 1320 g/mol. The van der Waals surface area contributed by atoms with E-state index in [1.165, 1.54) is 6.07 Å². The van der Waals surface area contributed by atoms with Gasteiger partial charge in [0.15, 0.2) is 28.3 Å². The number of carbonyl (C=O) groups excluding carboxylic acids is 1.